The van der Waals surface area contributed by atoms with E-state index in [0.29, 0.717) is 49.3 Å². The van der Waals surface area contributed by atoms with Gasteiger partial charge in [0.15, 0.2) is 0 Å². The van der Waals surface area contributed by atoms with Gasteiger partial charge in [-0.15, -0.1) is 0 Å². The van der Waals surface area contributed by atoms with Crippen molar-refractivity contribution in [3.63, 3.8) is 0 Å². The standard InChI is InChI=1S/C56H58N4O6/c61-51(23-13-18-37-14-5-1-6-15-37)46-33-59(35-48(46)53(63)57-29-28-38-16-7-2-8-17-38)55(65)41-24-26-42(27-25-41)56(66)60-34-47(52(62)31-43-30-44(43)39-19-9-3-10-20-39)49(36-60)54(64)58-50-32-45(50)40-21-11-4-12-22-40/h1-12,14-17,19-22,24-27,43-50H,13,18,23,28-36H2,(H,57,63)(H,58,64)/t43?,44-,45-,46-,47-,48-,49-,50?/m1/s1. The number of hydrogen-bond acceptors (Lipinski definition) is 6. The summed E-state index contributed by atoms with van der Waals surface area (Å²) in [5.41, 5.74) is 5.33. The summed E-state index contributed by atoms with van der Waals surface area (Å²) in [6.07, 6.45) is 4.48. The smallest absolute Gasteiger partial charge is 0.253 e. The van der Waals surface area contributed by atoms with Crippen LogP contribution in [-0.2, 0) is 32.0 Å². The molecule has 10 nitrogen and oxygen atoms in total. The van der Waals surface area contributed by atoms with Crippen molar-refractivity contribution in [2.45, 2.75) is 62.8 Å². The van der Waals surface area contributed by atoms with Crippen LogP contribution in [-0.4, -0.2) is 83.8 Å². The number of rotatable bonds is 18. The van der Waals surface area contributed by atoms with Crippen LogP contribution < -0.4 is 10.6 Å². The van der Waals surface area contributed by atoms with Crippen LogP contribution in [0.25, 0.3) is 0 Å². The van der Waals surface area contributed by atoms with Gasteiger partial charge in [0, 0.05) is 80.5 Å². The second-order valence-electron chi connectivity index (χ2n) is 18.8. The van der Waals surface area contributed by atoms with Crippen LogP contribution in [0.5, 0.6) is 0 Å². The monoisotopic (exact) mass is 882 g/mol. The molecule has 2 saturated heterocycles. The number of carbonyl (C=O) groups excluding carboxylic acids is 6. The summed E-state index contributed by atoms with van der Waals surface area (Å²) in [5, 5.41) is 6.24. The van der Waals surface area contributed by atoms with Crippen LogP contribution in [0.4, 0.5) is 0 Å². The molecule has 2 saturated carbocycles. The number of amides is 4. The lowest BCUT2D eigenvalue weighted by Gasteiger charge is -2.18. The summed E-state index contributed by atoms with van der Waals surface area (Å²) in [6, 6.07) is 46.6. The van der Waals surface area contributed by atoms with E-state index >= 15 is 0 Å². The van der Waals surface area contributed by atoms with Gasteiger partial charge in [0.25, 0.3) is 11.8 Å². The molecular formula is C56H58N4O6. The number of ketones is 2. The van der Waals surface area contributed by atoms with Gasteiger partial charge in [-0.25, -0.2) is 0 Å². The lowest BCUT2D eigenvalue weighted by atomic mass is 9.88. The first-order valence-corrected chi connectivity index (χ1v) is 23.7. The largest absolute Gasteiger partial charge is 0.355 e. The summed E-state index contributed by atoms with van der Waals surface area (Å²) >= 11 is 0. The average molecular weight is 883 g/mol. The quantitative estimate of drug-likeness (QED) is 0.0941. The molecule has 338 valence electrons. The van der Waals surface area contributed by atoms with Crippen molar-refractivity contribution in [2.24, 2.45) is 29.6 Å². The molecule has 5 aromatic rings. The van der Waals surface area contributed by atoms with E-state index in [-0.39, 0.29) is 79.3 Å². The molecule has 4 amide bonds. The van der Waals surface area contributed by atoms with E-state index in [0.717, 1.165) is 30.4 Å². The van der Waals surface area contributed by atoms with Crippen LogP contribution in [0.3, 0.4) is 0 Å². The average Bonchev–Trinajstić information content (AvgIpc) is 4.20. The Kier molecular flexibility index (Phi) is 13.6. The van der Waals surface area contributed by atoms with Crippen molar-refractivity contribution in [1.82, 2.24) is 20.4 Å². The van der Waals surface area contributed by atoms with Crippen molar-refractivity contribution in [3.05, 3.63) is 179 Å². The lowest BCUT2D eigenvalue weighted by Crippen LogP contribution is -2.39. The van der Waals surface area contributed by atoms with Crippen LogP contribution in [0.2, 0.25) is 0 Å². The number of nitrogens with zero attached hydrogens (tertiary/aromatic N) is 2. The summed E-state index contributed by atoms with van der Waals surface area (Å²) < 4.78 is 0. The molecule has 0 aromatic heterocycles. The molecular weight excluding hydrogens is 825 g/mol. The van der Waals surface area contributed by atoms with Crippen molar-refractivity contribution in [3.8, 4) is 0 Å². The zero-order chi connectivity index (χ0) is 45.6. The van der Waals surface area contributed by atoms with Crippen molar-refractivity contribution < 1.29 is 28.8 Å². The molecule has 0 spiro atoms. The highest BCUT2D eigenvalue weighted by Crippen LogP contribution is 2.50. The number of benzene rings is 5. The molecule has 2 heterocycles. The predicted octanol–water partition coefficient (Wildman–Crippen LogP) is 7.45. The highest BCUT2D eigenvalue weighted by Gasteiger charge is 2.49. The third kappa shape index (κ3) is 10.5. The minimum Gasteiger partial charge on any atom is -0.355 e. The maximum Gasteiger partial charge on any atom is 0.253 e. The highest BCUT2D eigenvalue weighted by atomic mass is 16.2. The van der Waals surface area contributed by atoms with Gasteiger partial charge in [0.2, 0.25) is 11.8 Å². The Balaban J connectivity index is 0.849. The zero-order valence-electron chi connectivity index (χ0n) is 37.3. The number of likely N-dealkylation sites (tertiary alicyclic amines) is 2. The zero-order valence-corrected chi connectivity index (χ0v) is 37.3. The first-order chi connectivity index (χ1) is 32.2. The molecule has 2 N–H and O–H groups in total. The maximum absolute atomic E-state index is 14.2. The minimum absolute atomic E-state index is 0.00988. The third-order valence-electron chi connectivity index (χ3n) is 14.3. The highest BCUT2D eigenvalue weighted by molar-refractivity contribution is 6.00. The van der Waals surface area contributed by atoms with Crippen molar-refractivity contribution >= 4 is 35.2 Å². The lowest BCUT2D eigenvalue weighted by molar-refractivity contribution is -0.132. The first kappa shape index (κ1) is 44.5. The van der Waals surface area contributed by atoms with E-state index < -0.39 is 23.7 Å². The molecule has 66 heavy (non-hydrogen) atoms. The van der Waals surface area contributed by atoms with Crippen LogP contribution in [0.15, 0.2) is 146 Å². The first-order valence-electron chi connectivity index (χ1n) is 23.7. The van der Waals surface area contributed by atoms with Crippen LogP contribution in [0, 0.1) is 29.6 Å². The topological polar surface area (TPSA) is 133 Å². The van der Waals surface area contributed by atoms with Crippen LogP contribution >= 0.6 is 0 Å². The Morgan fingerprint density at radius 2 is 0.955 bits per heavy atom. The Labute approximate surface area is 387 Å². The van der Waals surface area contributed by atoms with E-state index in [1.807, 2.05) is 97.1 Å². The molecule has 0 bridgehead atoms. The van der Waals surface area contributed by atoms with E-state index in [1.165, 1.54) is 11.1 Å². The number of aryl methyl sites for hydroxylation is 1. The van der Waals surface area contributed by atoms with E-state index in [4.69, 9.17) is 0 Å². The Morgan fingerprint density at radius 1 is 0.485 bits per heavy atom. The fraction of sp³-hybridized carbons (Fsp3) is 0.357. The summed E-state index contributed by atoms with van der Waals surface area (Å²) in [4.78, 5) is 87.0. The predicted molar refractivity (Wildman–Crippen MR) is 252 cm³/mol. The summed E-state index contributed by atoms with van der Waals surface area (Å²) in [6.45, 7) is 0.931. The van der Waals surface area contributed by atoms with Gasteiger partial charge in [-0.2, -0.15) is 0 Å². The number of hydrogen-bond donors (Lipinski definition) is 2. The van der Waals surface area contributed by atoms with Gasteiger partial charge in [-0.05, 0) is 90.5 Å². The molecule has 2 aliphatic carbocycles. The summed E-state index contributed by atoms with van der Waals surface area (Å²) in [5.74, 6) is -2.88. The maximum atomic E-state index is 14.2. The molecule has 4 aliphatic rings. The van der Waals surface area contributed by atoms with E-state index in [9.17, 15) is 28.8 Å². The van der Waals surface area contributed by atoms with Gasteiger partial charge in [-0.1, -0.05) is 121 Å². The molecule has 10 heteroatoms. The van der Waals surface area contributed by atoms with Gasteiger partial charge in [-0.3, -0.25) is 28.8 Å². The molecule has 2 unspecified atom stereocenters. The normalized spacial score (nSPS) is 24.1. The van der Waals surface area contributed by atoms with Gasteiger partial charge in [0.05, 0.1) is 11.8 Å². The SMILES string of the molecule is O=C(CCCc1ccccc1)[C@@H]1CN(C(=O)c2ccc(C(=O)N3C[C@@H](C(=O)CC4C[C@@H]4c4ccccc4)[C@H](C(=O)NC4C[C@@H]4c4ccccc4)C3)cc2)C[C@H]1C(=O)NCCc1ccccc1. The van der Waals surface area contributed by atoms with E-state index in [1.54, 1.807) is 34.1 Å². The molecule has 0 radical (unpaired) electrons. The second-order valence-corrected chi connectivity index (χ2v) is 18.8. The molecule has 4 fully saturated rings. The molecule has 2 aliphatic heterocycles. The van der Waals surface area contributed by atoms with Gasteiger partial charge < -0.3 is 20.4 Å². The van der Waals surface area contributed by atoms with Gasteiger partial charge >= 0.3 is 0 Å². The number of carbonyl (C=O) groups is 6. The molecule has 9 rings (SSSR count). The minimum atomic E-state index is -0.681. The third-order valence-corrected chi connectivity index (χ3v) is 14.3. The Hall–Kier alpha value is -6.68. The molecule has 5 aromatic carbocycles. The van der Waals surface area contributed by atoms with Gasteiger partial charge in [0.1, 0.15) is 11.6 Å². The van der Waals surface area contributed by atoms with Crippen molar-refractivity contribution in [2.75, 3.05) is 32.7 Å². The second kappa shape index (κ2) is 20.2. The fourth-order valence-electron chi connectivity index (χ4n) is 10.4. The van der Waals surface area contributed by atoms with Crippen molar-refractivity contribution in [1.29, 1.82) is 0 Å². The summed E-state index contributed by atoms with van der Waals surface area (Å²) in [7, 11) is 0. The Morgan fingerprint density at radius 3 is 1.52 bits per heavy atom. The van der Waals surface area contributed by atoms with Crippen LogP contribution in [0.1, 0.15) is 86.9 Å². The fourth-order valence-corrected chi connectivity index (χ4v) is 10.4. The van der Waals surface area contributed by atoms with E-state index in [2.05, 4.69) is 34.9 Å². The Bertz CT molecular complexity index is 2380. The number of Topliss-reactive ketones (excluding diaryl/α,β-unsaturated/α-hetero) is 2. The molecule has 8 atom stereocenters. The number of nitrogens with one attached hydrogen (secondary N) is 2.